The summed E-state index contributed by atoms with van der Waals surface area (Å²) < 4.78 is 0.147. The van der Waals surface area contributed by atoms with E-state index in [0.717, 1.165) is 27.9 Å². The van der Waals surface area contributed by atoms with E-state index in [4.69, 9.17) is 23.8 Å². The van der Waals surface area contributed by atoms with Gasteiger partial charge in [-0.15, -0.1) is 0 Å². The van der Waals surface area contributed by atoms with E-state index in [0.29, 0.717) is 21.8 Å². The van der Waals surface area contributed by atoms with Crippen LogP contribution in [0.4, 0.5) is 5.69 Å². The van der Waals surface area contributed by atoms with Crippen molar-refractivity contribution in [2.45, 2.75) is 13.5 Å². The molecule has 2 heterocycles. The van der Waals surface area contributed by atoms with Crippen LogP contribution < -0.4 is 10.3 Å². The molecule has 3 amide bonds. The van der Waals surface area contributed by atoms with Crippen LogP contribution in [0.3, 0.4) is 0 Å². The van der Waals surface area contributed by atoms with E-state index >= 15 is 0 Å². The van der Waals surface area contributed by atoms with E-state index in [1.54, 1.807) is 29.2 Å². The fourth-order valence-electron chi connectivity index (χ4n) is 4.06. The normalized spacial score (nSPS) is 17.3. The van der Waals surface area contributed by atoms with Gasteiger partial charge in [-0.2, -0.15) is 5.01 Å². The van der Waals surface area contributed by atoms with E-state index in [1.165, 1.54) is 0 Å². The maximum Gasteiger partial charge on any atom is 0.286 e. The first-order chi connectivity index (χ1) is 16.9. The maximum atomic E-state index is 13.6. The first-order valence-corrected chi connectivity index (χ1v) is 12.3. The number of carbonyl (C=O) groups excluding carboxylic acids is 3. The zero-order valence-corrected chi connectivity index (χ0v) is 20.8. The molecule has 1 saturated heterocycles. The summed E-state index contributed by atoms with van der Waals surface area (Å²) >= 11 is 12.7. The van der Waals surface area contributed by atoms with Crippen LogP contribution in [0.2, 0.25) is 5.02 Å². The Kier molecular flexibility index (Phi) is 6.19. The maximum absolute atomic E-state index is 13.6. The second-order valence-corrected chi connectivity index (χ2v) is 10.0. The number of halogens is 1. The van der Waals surface area contributed by atoms with Gasteiger partial charge in [0.25, 0.3) is 17.7 Å². The number of rotatable bonds is 4. The number of hydrogen-bond acceptors (Lipinski definition) is 5. The second-order valence-electron chi connectivity index (χ2n) is 7.97. The number of para-hydroxylation sites is 1. The van der Waals surface area contributed by atoms with Gasteiger partial charge in [-0.05, 0) is 48.5 Å². The first-order valence-electron chi connectivity index (χ1n) is 10.7. The molecule has 3 aromatic rings. The van der Waals surface area contributed by atoms with Crippen LogP contribution in [0.25, 0.3) is 5.57 Å². The standard InChI is InChI=1S/C26H18ClN3O3S2/c1-15-8-2-4-10-17(15)23(31)28-30-25(33)22(35-26(30)34)21-18-11-5-7-13-20(18)29(24(21)32)14-16-9-3-6-12-19(16)27/h2-13H,14H2,1H3,(H,28,31)/b22-21-. The Morgan fingerprint density at radius 2 is 1.66 bits per heavy atom. The van der Waals surface area contributed by atoms with E-state index in [1.807, 2.05) is 55.5 Å². The number of hydrogen-bond donors (Lipinski definition) is 1. The predicted octanol–water partition coefficient (Wildman–Crippen LogP) is 5.11. The number of thioether (sulfide) groups is 1. The molecule has 2 aliphatic rings. The topological polar surface area (TPSA) is 69.7 Å². The van der Waals surface area contributed by atoms with Gasteiger partial charge in [-0.1, -0.05) is 78.0 Å². The van der Waals surface area contributed by atoms with Crippen LogP contribution in [-0.4, -0.2) is 27.1 Å². The zero-order valence-electron chi connectivity index (χ0n) is 18.4. The van der Waals surface area contributed by atoms with Crippen molar-refractivity contribution in [3.63, 3.8) is 0 Å². The van der Waals surface area contributed by atoms with E-state index in [9.17, 15) is 14.4 Å². The highest BCUT2D eigenvalue weighted by Gasteiger charge is 2.42. The molecule has 35 heavy (non-hydrogen) atoms. The fraction of sp³-hybridized carbons (Fsp3) is 0.0769. The highest BCUT2D eigenvalue weighted by atomic mass is 35.5. The molecule has 1 fully saturated rings. The Hall–Kier alpha value is -3.46. The van der Waals surface area contributed by atoms with Crippen LogP contribution in [-0.2, 0) is 16.1 Å². The number of aryl methyl sites for hydroxylation is 1. The molecule has 0 spiro atoms. The van der Waals surface area contributed by atoms with E-state index in [-0.39, 0.29) is 27.3 Å². The van der Waals surface area contributed by atoms with Crippen LogP contribution in [0.5, 0.6) is 0 Å². The summed E-state index contributed by atoms with van der Waals surface area (Å²) in [6.07, 6.45) is 0. The molecule has 5 rings (SSSR count). The summed E-state index contributed by atoms with van der Waals surface area (Å²) in [5.74, 6) is -1.32. The Morgan fingerprint density at radius 3 is 2.43 bits per heavy atom. The van der Waals surface area contributed by atoms with Gasteiger partial charge < -0.3 is 4.90 Å². The van der Waals surface area contributed by atoms with Gasteiger partial charge in [-0.3, -0.25) is 19.8 Å². The third kappa shape index (κ3) is 4.14. The monoisotopic (exact) mass is 519 g/mol. The van der Waals surface area contributed by atoms with Crippen molar-refractivity contribution in [3.8, 4) is 0 Å². The van der Waals surface area contributed by atoms with E-state index in [2.05, 4.69) is 5.43 Å². The number of thiocarbonyl (C=S) groups is 1. The highest BCUT2D eigenvalue weighted by molar-refractivity contribution is 8.26. The lowest BCUT2D eigenvalue weighted by atomic mass is 10.1. The minimum atomic E-state index is -0.542. The first kappa shape index (κ1) is 23.3. The largest absolute Gasteiger partial charge is 0.303 e. The lowest BCUT2D eigenvalue weighted by Crippen LogP contribution is -2.45. The van der Waals surface area contributed by atoms with Crippen molar-refractivity contribution < 1.29 is 14.4 Å². The molecule has 0 bridgehead atoms. The molecule has 6 nitrogen and oxygen atoms in total. The number of fused-ring (bicyclic) bond motifs is 1. The summed E-state index contributed by atoms with van der Waals surface area (Å²) in [7, 11) is 0. The molecule has 3 aromatic carbocycles. The van der Waals surface area contributed by atoms with Crippen molar-refractivity contribution in [1.29, 1.82) is 0 Å². The average Bonchev–Trinajstić information content (AvgIpc) is 3.28. The van der Waals surface area contributed by atoms with Gasteiger partial charge in [0.05, 0.1) is 22.7 Å². The molecular formula is C26H18ClN3O3S2. The lowest BCUT2D eigenvalue weighted by molar-refractivity contribution is -0.124. The minimum Gasteiger partial charge on any atom is -0.303 e. The molecule has 1 N–H and O–H groups in total. The Labute approximate surface area is 216 Å². The van der Waals surface area contributed by atoms with Crippen LogP contribution >= 0.6 is 35.6 Å². The molecule has 174 valence electrons. The third-order valence-corrected chi connectivity index (χ3v) is 7.55. The summed E-state index contributed by atoms with van der Waals surface area (Å²) in [4.78, 5) is 41.6. The number of anilines is 1. The number of amides is 3. The summed E-state index contributed by atoms with van der Waals surface area (Å²) in [6, 6.07) is 21.6. The smallest absolute Gasteiger partial charge is 0.286 e. The Bertz CT molecular complexity index is 1450. The average molecular weight is 520 g/mol. The predicted molar refractivity (Wildman–Crippen MR) is 142 cm³/mol. The lowest BCUT2D eigenvalue weighted by Gasteiger charge is -2.18. The molecule has 2 aliphatic heterocycles. The Morgan fingerprint density at radius 1 is 0.971 bits per heavy atom. The van der Waals surface area contributed by atoms with E-state index < -0.39 is 11.8 Å². The van der Waals surface area contributed by atoms with Crippen molar-refractivity contribution in [2.24, 2.45) is 0 Å². The molecule has 0 radical (unpaired) electrons. The van der Waals surface area contributed by atoms with Crippen LogP contribution in [0, 0.1) is 6.92 Å². The molecule has 0 aliphatic carbocycles. The number of nitrogens with zero attached hydrogens (tertiary/aromatic N) is 2. The molecule has 0 saturated carbocycles. The molecule has 0 atom stereocenters. The van der Waals surface area contributed by atoms with Gasteiger partial charge in [0, 0.05) is 16.1 Å². The summed E-state index contributed by atoms with van der Waals surface area (Å²) in [5.41, 5.74) is 6.16. The SMILES string of the molecule is Cc1ccccc1C(=O)NN1C(=O)/C(=C2/C(=O)N(Cc3ccccc3Cl)c3ccccc32)SC1=S. The fourth-order valence-corrected chi connectivity index (χ4v) is 5.50. The number of hydrazine groups is 1. The zero-order chi connectivity index (χ0) is 24.7. The van der Waals surface area contributed by atoms with Gasteiger partial charge in [0.1, 0.15) is 0 Å². The molecule has 9 heteroatoms. The second kappa shape index (κ2) is 9.30. The number of nitrogens with one attached hydrogen (secondary N) is 1. The van der Waals surface area contributed by atoms with Gasteiger partial charge in [-0.25, -0.2) is 0 Å². The van der Waals surface area contributed by atoms with Gasteiger partial charge in [0.15, 0.2) is 4.32 Å². The molecule has 0 aromatic heterocycles. The minimum absolute atomic E-state index is 0.147. The quantitative estimate of drug-likeness (QED) is 0.383. The molecular weight excluding hydrogens is 502 g/mol. The number of carbonyl (C=O) groups is 3. The number of benzene rings is 3. The van der Waals surface area contributed by atoms with Crippen LogP contribution in [0.1, 0.15) is 27.0 Å². The van der Waals surface area contributed by atoms with Crippen molar-refractivity contribution in [1.82, 2.24) is 10.4 Å². The highest BCUT2D eigenvalue weighted by Crippen LogP contribution is 2.44. The molecule has 0 unspecified atom stereocenters. The van der Waals surface area contributed by atoms with Gasteiger partial charge in [0.2, 0.25) is 0 Å². The van der Waals surface area contributed by atoms with Gasteiger partial charge >= 0.3 is 0 Å². The summed E-state index contributed by atoms with van der Waals surface area (Å²) in [5, 5.41) is 1.58. The van der Waals surface area contributed by atoms with Crippen LogP contribution in [0.15, 0.2) is 77.7 Å². The third-order valence-electron chi connectivity index (χ3n) is 5.81. The van der Waals surface area contributed by atoms with Crippen molar-refractivity contribution in [2.75, 3.05) is 4.90 Å². The van der Waals surface area contributed by atoms with Crippen molar-refractivity contribution in [3.05, 3.63) is 105 Å². The summed E-state index contributed by atoms with van der Waals surface area (Å²) in [6.45, 7) is 2.06. The van der Waals surface area contributed by atoms with Crippen molar-refractivity contribution >= 4 is 68.9 Å². The Balaban J connectivity index is 1.49.